The lowest BCUT2D eigenvalue weighted by atomic mass is 10.2. The molecule has 76 valence electrons. The highest BCUT2D eigenvalue weighted by Crippen LogP contribution is 2.47. The Morgan fingerprint density at radius 2 is 2.33 bits per heavy atom. The highest BCUT2D eigenvalue weighted by Gasteiger charge is 2.61. The molecule has 3 aliphatic rings. The maximum absolute atomic E-state index is 11.8. The van der Waals surface area contributed by atoms with Crippen LogP contribution in [-0.2, 0) is 11.3 Å². The number of aromatic nitrogens is 1. The van der Waals surface area contributed by atoms with Gasteiger partial charge >= 0.3 is 0 Å². The molecule has 0 bridgehead atoms. The number of rotatable bonds is 0. The van der Waals surface area contributed by atoms with Crippen molar-refractivity contribution in [1.29, 1.82) is 0 Å². The van der Waals surface area contributed by atoms with Crippen LogP contribution in [0.3, 0.4) is 0 Å². The fourth-order valence-corrected chi connectivity index (χ4v) is 2.44. The summed E-state index contributed by atoms with van der Waals surface area (Å²) in [6, 6.07) is 2.02. The Labute approximate surface area is 86.2 Å². The van der Waals surface area contributed by atoms with Gasteiger partial charge in [0, 0.05) is 11.8 Å². The predicted octanol–water partition coefficient (Wildman–Crippen LogP) is 0.480. The molecule has 1 aromatic heterocycles. The fraction of sp³-hybridized carbons (Fsp3) is 0.400. The summed E-state index contributed by atoms with van der Waals surface area (Å²) < 4.78 is 0. The van der Waals surface area contributed by atoms with Crippen LogP contribution in [-0.4, -0.2) is 27.3 Å². The first-order chi connectivity index (χ1) is 7.29. The van der Waals surface area contributed by atoms with E-state index in [-0.39, 0.29) is 11.4 Å². The monoisotopic (exact) mass is 202 g/mol. The lowest BCUT2D eigenvalue weighted by molar-refractivity contribution is -0.122. The largest absolute Gasteiger partial charge is 0.346 e. The van der Waals surface area contributed by atoms with E-state index in [2.05, 4.69) is 20.2 Å². The van der Waals surface area contributed by atoms with Gasteiger partial charge in [-0.2, -0.15) is 4.99 Å². The summed E-state index contributed by atoms with van der Waals surface area (Å²) in [5.74, 6) is 1.71. The third-order valence-electron chi connectivity index (χ3n) is 3.50. The molecule has 3 heterocycles. The van der Waals surface area contributed by atoms with Gasteiger partial charge in [-0.1, -0.05) is 0 Å². The number of aromatic amines is 1. The molecule has 1 amide bonds. The van der Waals surface area contributed by atoms with E-state index in [1.165, 1.54) is 5.56 Å². The number of aliphatic imine (C=N–C) groups is 1. The van der Waals surface area contributed by atoms with Crippen molar-refractivity contribution in [1.82, 2.24) is 15.2 Å². The zero-order chi connectivity index (χ0) is 10.0. The van der Waals surface area contributed by atoms with Gasteiger partial charge in [0.1, 0.15) is 11.4 Å². The average molecular weight is 202 g/mol. The van der Waals surface area contributed by atoms with Crippen molar-refractivity contribution in [2.24, 2.45) is 4.99 Å². The summed E-state index contributed by atoms with van der Waals surface area (Å²) >= 11 is 0. The summed E-state index contributed by atoms with van der Waals surface area (Å²) in [5.41, 5.74) is 0.912. The zero-order valence-corrected chi connectivity index (χ0v) is 8.08. The van der Waals surface area contributed by atoms with Crippen LogP contribution in [0.15, 0.2) is 17.3 Å². The Kier molecular flexibility index (Phi) is 1.04. The van der Waals surface area contributed by atoms with Gasteiger partial charge < -0.3 is 9.88 Å². The van der Waals surface area contributed by atoms with Crippen LogP contribution >= 0.6 is 0 Å². The highest BCUT2D eigenvalue weighted by molar-refractivity contribution is 6.11. The van der Waals surface area contributed by atoms with Crippen LogP contribution in [0.25, 0.3) is 0 Å². The van der Waals surface area contributed by atoms with E-state index in [9.17, 15) is 4.79 Å². The van der Waals surface area contributed by atoms with Crippen LogP contribution in [0.1, 0.15) is 18.4 Å². The fourth-order valence-electron chi connectivity index (χ4n) is 2.44. The van der Waals surface area contributed by atoms with Crippen LogP contribution in [0, 0.1) is 0 Å². The van der Waals surface area contributed by atoms with Crippen LogP contribution in [0.2, 0.25) is 0 Å². The van der Waals surface area contributed by atoms with Crippen LogP contribution in [0.5, 0.6) is 0 Å². The first-order valence-corrected chi connectivity index (χ1v) is 5.14. The molecule has 5 heteroatoms. The molecule has 2 N–H and O–H groups in total. The van der Waals surface area contributed by atoms with Crippen molar-refractivity contribution < 1.29 is 4.79 Å². The van der Waals surface area contributed by atoms with Crippen LogP contribution in [0.4, 0.5) is 5.82 Å². The van der Waals surface area contributed by atoms with Gasteiger partial charge in [0.05, 0.1) is 6.54 Å². The number of amides is 1. The molecule has 0 atom stereocenters. The summed E-state index contributed by atoms with van der Waals surface area (Å²) in [6.07, 6.45) is 3.80. The van der Waals surface area contributed by atoms with Gasteiger partial charge in [-0.3, -0.25) is 10.1 Å². The van der Waals surface area contributed by atoms with E-state index in [0.29, 0.717) is 5.96 Å². The summed E-state index contributed by atoms with van der Waals surface area (Å²) in [7, 11) is 0. The van der Waals surface area contributed by atoms with E-state index in [1.54, 1.807) is 0 Å². The molecule has 2 fully saturated rings. The molecule has 1 spiro atoms. The summed E-state index contributed by atoms with van der Waals surface area (Å²) in [4.78, 5) is 21.3. The highest BCUT2D eigenvalue weighted by atomic mass is 16.2. The number of H-pyrrole nitrogens is 1. The smallest absolute Gasteiger partial charge is 0.252 e. The predicted molar refractivity (Wildman–Crippen MR) is 53.5 cm³/mol. The van der Waals surface area contributed by atoms with Gasteiger partial charge in [-0.15, -0.1) is 0 Å². The van der Waals surface area contributed by atoms with Gasteiger partial charge in [0.2, 0.25) is 5.96 Å². The first kappa shape index (κ1) is 7.50. The molecule has 1 saturated carbocycles. The molecular weight excluding hydrogens is 192 g/mol. The zero-order valence-electron chi connectivity index (χ0n) is 8.08. The van der Waals surface area contributed by atoms with Crippen LogP contribution < -0.4 is 5.32 Å². The maximum atomic E-state index is 11.8. The van der Waals surface area contributed by atoms with E-state index >= 15 is 0 Å². The minimum atomic E-state index is -0.256. The molecule has 1 aliphatic carbocycles. The Morgan fingerprint density at radius 3 is 3.13 bits per heavy atom. The lowest BCUT2D eigenvalue weighted by Crippen LogP contribution is -2.38. The molecule has 1 aromatic rings. The Hall–Kier alpha value is -1.78. The molecule has 0 radical (unpaired) electrons. The SMILES string of the molecule is O=C1NC2=Nc3[nH]ccc3CN2C12CC2. The Balaban J connectivity index is 1.86. The van der Waals surface area contributed by atoms with Gasteiger partial charge in [0.15, 0.2) is 0 Å². The van der Waals surface area contributed by atoms with Crippen molar-refractivity contribution in [3.63, 3.8) is 0 Å². The number of fused-ring (bicyclic) bond motifs is 3. The number of nitrogens with zero attached hydrogens (tertiary/aromatic N) is 2. The molecule has 0 unspecified atom stereocenters. The maximum Gasteiger partial charge on any atom is 0.252 e. The van der Waals surface area contributed by atoms with Crippen molar-refractivity contribution in [3.8, 4) is 0 Å². The van der Waals surface area contributed by atoms with Crippen molar-refractivity contribution in [2.45, 2.75) is 24.9 Å². The average Bonchev–Trinajstić information content (AvgIpc) is 2.83. The Morgan fingerprint density at radius 1 is 1.47 bits per heavy atom. The number of nitrogens with one attached hydrogen (secondary N) is 2. The first-order valence-electron chi connectivity index (χ1n) is 5.14. The van der Waals surface area contributed by atoms with E-state index < -0.39 is 0 Å². The number of hydrogen-bond donors (Lipinski definition) is 2. The number of carbonyl (C=O) groups is 1. The molecular formula is C10H10N4O. The summed E-state index contributed by atoms with van der Waals surface area (Å²) in [5, 5.41) is 2.86. The van der Waals surface area contributed by atoms with Gasteiger partial charge in [-0.25, -0.2) is 0 Å². The normalized spacial score (nSPS) is 24.7. The molecule has 15 heavy (non-hydrogen) atoms. The Bertz CT molecular complexity index is 497. The third kappa shape index (κ3) is 0.751. The molecule has 2 aliphatic heterocycles. The minimum Gasteiger partial charge on any atom is -0.346 e. The van der Waals surface area contributed by atoms with E-state index in [0.717, 1.165) is 25.2 Å². The van der Waals surface area contributed by atoms with Gasteiger partial charge in [0.25, 0.3) is 5.91 Å². The van der Waals surface area contributed by atoms with E-state index in [1.807, 2.05) is 12.3 Å². The quantitative estimate of drug-likeness (QED) is 0.642. The van der Waals surface area contributed by atoms with Crippen molar-refractivity contribution in [2.75, 3.05) is 0 Å². The number of hydrogen-bond acceptors (Lipinski definition) is 3. The molecule has 5 nitrogen and oxygen atoms in total. The topological polar surface area (TPSA) is 60.5 Å². The number of guanidine groups is 1. The third-order valence-corrected chi connectivity index (χ3v) is 3.50. The van der Waals surface area contributed by atoms with Crippen molar-refractivity contribution in [3.05, 3.63) is 17.8 Å². The molecule has 0 aromatic carbocycles. The lowest BCUT2D eigenvalue weighted by Gasteiger charge is -2.26. The van der Waals surface area contributed by atoms with E-state index in [4.69, 9.17) is 0 Å². The summed E-state index contributed by atoms with van der Waals surface area (Å²) in [6.45, 7) is 0.788. The minimum absolute atomic E-state index is 0.117. The molecule has 4 rings (SSSR count). The van der Waals surface area contributed by atoms with Crippen molar-refractivity contribution >= 4 is 17.7 Å². The second kappa shape index (κ2) is 2.08. The molecule has 1 saturated heterocycles. The van der Waals surface area contributed by atoms with Gasteiger partial charge in [-0.05, 0) is 18.9 Å². The second-order valence-electron chi connectivity index (χ2n) is 4.36. The second-order valence-corrected chi connectivity index (χ2v) is 4.36. The standard InChI is InChI=1S/C10H10N4O/c15-8-10(2-3-10)14-5-6-1-4-11-7(6)12-9(14)13-8/h1,4,11H,2-3,5H2,(H,12,13,15). The number of carbonyl (C=O) groups excluding carboxylic acids is 1.